The van der Waals surface area contributed by atoms with Crippen molar-refractivity contribution in [3.8, 4) is 0 Å². The molecule has 10 nitrogen and oxygen atoms in total. The van der Waals surface area contributed by atoms with Gasteiger partial charge in [0.1, 0.15) is 6.54 Å². The third kappa shape index (κ3) is 2.47. The van der Waals surface area contributed by atoms with E-state index in [-0.39, 0.29) is 12.1 Å². The predicted octanol–water partition coefficient (Wildman–Crippen LogP) is -0.0239. The van der Waals surface area contributed by atoms with Crippen molar-refractivity contribution < 1.29 is 4.92 Å². The maximum Gasteiger partial charge on any atom is 0.490 e. The summed E-state index contributed by atoms with van der Waals surface area (Å²) >= 11 is 0. The van der Waals surface area contributed by atoms with E-state index in [2.05, 4.69) is 25.5 Å². The molecule has 18 heavy (non-hydrogen) atoms. The van der Waals surface area contributed by atoms with Crippen molar-refractivity contribution >= 4 is 5.95 Å². The minimum Gasteiger partial charge on any atom is -0.390 e. The fraction of sp³-hybridized carbons (Fsp3) is 0.625. The molecule has 0 saturated carbocycles. The van der Waals surface area contributed by atoms with Crippen molar-refractivity contribution in [2.45, 2.75) is 32.9 Å². The van der Waals surface area contributed by atoms with Crippen LogP contribution in [0.5, 0.6) is 0 Å². The topological polar surface area (TPSA) is 117 Å². The first kappa shape index (κ1) is 12.1. The Kier molecular flexibility index (Phi) is 2.77. The van der Waals surface area contributed by atoms with Gasteiger partial charge in [-0.2, -0.15) is 9.48 Å². The quantitative estimate of drug-likeness (QED) is 0.556. The van der Waals surface area contributed by atoms with Crippen molar-refractivity contribution in [1.29, 1.82) is 0 Å². The van der Waals surface area contributed by atoms with Gasteiger partial charge >= 0.3 is 5.95 Å². The zero-order valence-electron chi connectivity index (χ0n) is 10.2. The molecule has 0 aliphatic carbocycles. The van der Waals surface area contributed by atoms with E-state index in [0.717, 1.165) is 0 Å². The van der Waals surface area contributed by atoms with E-state index in [1.54, 1.807) is 0 Å². The minimum atomic E-state index is -0.657. The number of nitrogens with zero attached hydrogens (tertiary/aromatic N) is 8. The van der Waals surface area contributed by atoms with Crippen LogP contribution in [-0.2, 0) is 12.1 Å². The van der Waals surface area contributed by atoms with Crippen LogP contribution in [-0.4, -0.2) is 39.9 Å². The van der Waals surface area contributed by atoms with E-state index >= 15 is 0 Å². The Balaban J connectivity index is 2.14. The van der Waals surface area contributed by atoms with Crippen LogP contribution in [0.4, 0.5) is 5.95 Å². The van der Waals surface area contributed by atoms with Gasteiger partial charge in [-0.1, -0.05) is 4.98 Å². The van der Waals surface area contributed by atoms with E-state index in [1.807, 2.05) is 20.8 Å². The van der Waals surface area contributed by atoms with Gasteiger partial charge in [0.2, 0.25) is 6.33 Å². The maximum atomic E-state index is 10.4. The van der Waals surface area contributed by atoms with Crippen LogP contribution in [0.3, 0.4) is 0 Å². The van der Waals surface area contributed by atoms with Gasteiger partial charge in [-0.05, 0) is 30.9 Å². The molecular formula is C8H12N8O2. The van der Waals surface area contributed by atoms with E-state index in [9.17, 15) is 10.1 Å². The van der Waals surface area contributed by atoms with Gasteiger partial charge in [-0.3, -0.25) is 0 Å². The molecular weight excluding hydrogens is 240 g/mol. The molecule has 0 N–H and O–H groups in total. The normalized spacial score (nSPS) is 11.7. The summed E-state index contributed by atoms with van der Waals surface area (Å²) in [4.78, 5) is 14.8. The van der Waals surface area contributed by atoms with E-state index in [0.29, 0.717) is 5.82 Å². The van der Waals surface area contributed by atoms with Crippen LogP contribution in [0, 0.1) is 10.1 Å². The van der Waals surface area contributed by atoms with Gasteiger partial charge in [0.25, 0.3) is 0 Å². The molecule has 0 aliphatic rings. The van der Waals surface area contributed by atoms with E-state index in [1.165, 1.54) is 15.8 Å². The largest absolute Gasteiger partial charge is 0.490 e. The summed E-state index contributed by atoms with van der Waals surface area (Å²) in [5.74, 6) is -0.0251. The van der Waals surface area contributed by atoms with Crippen LogP contribution in [0.15, 0.2) is 6.33 Å². The van der Waals surface area contributed by atoms with Crippen LogP contribution in [0.1, 0.15) is 26.6 Å². The molecule has 96 valence electrons. The molecule has 2 aromatic heterocycles. The first-order valence-electron chi connectivity index (χ1n) is 5.19. The second-order valence-electron chi connectivity index (χ2n) is 4.67. The van der Waals surface area contributed by atoms with Gasteiger partial charge < -0.3 is 10.1 Å². The molecule has 2 heterocycles. The lowest BCUT2D eigenvalue weighted by atomic mass is 10.1. The summed E-state index contributed by atoms with van der Waals surface area (Å²) in [6, 6.07) is 0. The number of rotatable bonds is 3. The molecule has 0 saturated heterocycles. The lowest BCUT2D eigenvalue weighted by Gasteiger charge is -2.15. The van der Waals surface area contributed by atoms with Gasteiger partial charge in [-0.25, -0.2) is 0 Å². The zero-order chi connectivity index (χ0) is 13.3. The highest BCUT2D eigenvalue weighted by atomic mass is 16.6. The molecule has 0 unspecified atom stereocenters. The SMILES string of the molecule is CC(C)(C)n1nnc(Cn2cnc([N+](=O)[O-])n2)n1. The summed E-state index contributed by atoms with van der Waals surface area (Å²) < 4.78 is 1.29. The van der Waals surface area contributed by atoms with Crippen LogP contribution < -0.4 is 0 Å². The van der Waals surface area contributed by atoms with Crippen LogP contribution in [0.25, 0.3) is 0 Å². The average molecular weight is 252 g/mol. The van der Waals surface area contributed by atoms with Crippen molar-refractivity contribution in [3.05, 3.63) is 22.3 Å². The summed E-state index contributed by atoms with van der Waals surface area (Å²) in [5, 5.41) is 26.0. The molecule has 0 aliphatic heterocycles. The summed E-state index contributed by atoms with van der Waals surface area (Å²) in [7, 11) is 0. The summed E-state index contributed by atoms with van der Waals surface area (Å²) in [6.45, 7) is 6.02. The van der Waals surface area contributed by atoms with Crippen molar-refractivity contribution in [1.82, 2.24) is 35.0 Å². The van der Waals surface area contributed by atoms with Gasteiger partial charge in [0, 0.05) is 5.10 Å². The molecule has 0 fully saturated rings. The Hall–Kier alpha value is -2.39. The highest BCUT2D eigenvalue weighted by Gasteiger charge is 2.19. The Morgan fingerprint density at radius 1 is 1.39 bits per heavy atom. The van der Waals surface area contributed by atoms with Crippen LogP contribution in [0.2, 0.25) is 0 Å². The van der Waals surface area contributed by atoms with Crippen molar-refractivity contribution in [2.24, 2.45) is 0 Å². The number of aromatic nitrogens is 7. The molecule has 0 bridgehead atoms. The Bertz CT molecular complexity index is 566. The first-order valence-corrected chi connectivity index (χ1v) is 5.19. The van der Waals surface area contributed by atoms with Crippen molar-refractivity contribution in [2.75, 3.05) is 0 Å². The van der Waals surface area contributed by atoms with Crippen molar-refractivity contribution in [3.63, 3.8) is 0 Å². The second-order valence-corrected chi connectivity index (χ2v) is 4.67. The lowest BCUT2D eigenvalue weighted by Crippen LogP contribution is -2.24. The van der Waals surface area contributed by atoms with Gasteiger partial charge in [-0.15, -0.1) is 10.2 Å². The molecule has 2 aromatic rings. The fourth-order valence-corrected chi connectivity index (χ4v) is 1.18. The summed E-state index contributed by atoms with van der Waals surface area (Å²) in [5.41, 5.74) is -0.264. The average Bonchev–Trinajstić information content (AvgIpc) is 2.85. The Labute approximate surface area is 102 Å². The standard InChI is InChI=1S/C8H12N8O2/c1-8(2,3)16-11-6(10-13-16)4-14-5-9-7(12-14)15(17)18/h5H,4H2,1-3H3. The molecule has 0 aromatic carbocycles. The van der Waals surface area contributed by atoms with Gasteiger partial charge in [0.05, 0.1) is 5.54 Å². The van der Waals surface area contributed by atoms with E-state index in [4.69, 9.17) is 0 Å². The predicted molar refractivity (Wildman–Crippen MR) is 58.6 cm³/mol. The number of hydrogen-bond donors (Lipinski definition) is 0. The zero-order valence-corrected chi connectivity index (χ0v) is 10.2. The van der Waals surface area contributed by atoms with Crippen LogP contribution >= 0.6 is 0 Å². The van der Waals surface area contributed by atoms with E-state index < -0.39 is 10.9 Å². The maximum absolute atomic E-state index is 10.4. The lowest BCUT2D eigenvalue weighted by molar-refractivity contribution is -0.394. The number of hydrogen-bond acceptors (Lipinski definition) is 7. The molecule has 0 atom stereocenters. The third-order valence-electron chi connectivity index (χ3n) is 2.05. The smallest absolute Gasteiger partial charge is 0.390 e. The Morgan fingerprint density at radius 3 is 2.61 bits per heavy atom. The molecule has 0 spiro atoms. The fourth-order valence-electron chi connectivity index (χ4n) is 1.18. The summed E-state index contributed by atoms with van der Waals surface area (Å²) in [6.07, 6.45) is 1.26. The Morgan fingerprint density at radius 2 is 2.11 bits per heavy atom. The third-order valence-corrected chi connectivity index (χ3v) is 2.05. The number of nitro groups is 1. The molecule has 0 amide bonds. The number of tetrazole rings is 1. The minimum absolute atomic E-state index is 0.191. The highest BCUT2D eigenvalue weighted by Crippen LogP contribution is 2.09. The molecule has 0 radical (unpaired) electrons. The van der Waals surface area contributed by atoms with Gasteiger partial charge in [0.15, 0.2) is 5.82 Å². The first-order chi connectivity index (χ1) is 8.36. The highest BCUT2D eigenvalue weighted by molar-refractivity contribution is 4.97. The monoisotopic (exact) mass is 252 g/mol. The molecule has 2 rings (SSSR count). The molecule has 10 heteroatoms. The second kappa shape index (κ2) is 4.13.